The molecule has 24 heavy (non-hydrogen) atoms. The van der Waals surface area contributed by atoms with Crippen LogP contribution in [0.25, 0.3) is 0 Å². The summed E-state index contributed by atoms with van der Waals surface area (Å²) in [6.07, 6.45) is -5.90. The number of benzene rings is 1. The zero-order chi connectivity index (χ0) is 17.7. The monoisotopic (exact) mass is 344 g/mol. The van der Waals surface area contributed by atoms with Crippen molar-refractivity contribution in [3.8, 4) is 5.75 Å². The first-order valence-electron chi connectivity index (χ1n) is 7.51. The van der Waals surface area contributed by atoms with E-state index >= 15 is 0 Å². The third-order valence-electron chi connectivity index (χ3n) is 3.52. The summed E-state index contributed by atoms with van der Waals surface area (Å²) in [4.78, 5) is 0. The molecule has 1 aromatic heterocycles. The fourth-order valence-corrected chi connectivity index (χ4v) is 2.13. The van der Waals surface area contributed by atoms with Gasteiger partial charge in [-0.15, -0.1) is 10.2 Å². The van der Waals surface area contributed by atoms with Crippen molar-refractivity contribution in [1.29, 1.82) is 0 Å². The number of alkyl halides is 3. The molecule has 0 aliphatic rings. The van der Waals surface area contributed by atoms with Crippen molar-refractivity contribution >= 4 is 0 Å². The molecule has 0 radical (unpaired) electrons. The lowest BCUT2D eigenvalue weighted by atomic mass is 9.97. The second kappa shape index (κ2) is 8.14. The lowest BCUT2D eigenvalue weighted by molar-refractivity contribution is -0.0113. The van der Waals surface area contributed by atoms with Gasteiger partial charge in [0, 0.05) is 13.3 Å². The highest BCUT2D eigenvalue weighted by atomic mass is 19.2. The van der Waals surface area contributed by atoms with E-state index in [9.17, 15) is 18.3 Å². The van der Waals surface area contributed by atoms with E-state index in [2.05, 4.69) is 10.2 Å². The molecule has 0 saturated heterocycles. The molecule has 0 amide bonds. The number of nitrogens with zero attached hydrogens (tertiary/aromatic N) is 2. The van der Waals surface area contributed by atoms with Gasteiger partial charge in [-0.3, -0.25) is 4.39 Å². The highest BCUT2D eigenvalue weighted by Gasteiger charge is 2.25. The molecule has 8 heteroatoms. The lowest BCUT2D eigenvalue weighted by Crippen LogP contribution is -2.24. The SMILES string of the molecule is Cc1nnc(C(C)C(O)c2cccc(OC(F)C(F)CCF)c2)o1. The molecular formula is C16H19F3N2O3. The van der Waals surface area contributed by atoms with E-state index in [1.54, 1.807) is 19.9 Å². The minimum Gasteiger partial charge on any atom is -0.457 e. The molecule has 0 aliphatic carbocycles. The molecule has 2 aromatic rings. The highest BCUT2D eigenvalue weighted by molar-refractivity contribution is 5.31. The number of rotatable bonds is 8. The van der Waals surface area contributed by atoms with Gasteiger partial charge in [0.25, 0.3) is 6.36 Å². The molecule has 4 atom stereocenters. The van der Waals surface area contributed by atoms with E-state index in [0.717, 1.165) is 0 Å². The zero-order valence-electron chi connectivity index (χ0n) is 13.3. The summed E-state index contributed by atoms with van der Waals surface area (Å²) in [5, 5.41) is 18.0. The van der Waals surface area contributed by atoms with Crippen molar-refractivity contribution in [2.75, 3.05) is 6.67 Å². The molecule has 0 bridgehead atoms. The molecule has 1 heterocycles. The second-order valence-corrected chi connectivity index (χ2v) is 5.43. The van der Waals surface area contributed by atoms with Gasteiger partial charge < -0.3 is 14.3 Å². The Morgan fingerprint density at radius 1 is 1.29 bits per heavy atom. The van der Waals surface area contributed by atoms with E-state index in [0.29, 0.717) is 11.5 Å². The van der Waals surface area contributed by atoms with Crippen molar-refractivity contribution in [2.24, 2.45) is 0 Å². The Bertz CT molecular complexity index is 653. The highest BCUT2D eigenvalue weighted by Crippen LogP contribution is 2.31. The number of aryl methyl sites for hydroxylation is 1. The van der Waals surface area contributed by atoms with Crippen LogP contribution in [0.15, 0.2) is 28.7 Å². The van der Waals surface area contributed by atoms with Crippen LogP contribution in [0.2, 0.25) is 0 Å². The molecule has 132 valence electrons. The van der Waals surface area contributed by atoms with Crippen molar-refractivity contribution < 1.29 is 27.4 Å². The second-order valence-electron chi connectivity index (χ2n) is 5.43. The smallest absolute Gasteiger partial charge is 0.269 e. The van der Waals surface area contributed by atoms with Gasteiger partial charge >= 0.3 is 0 Å². The average molecular weight is 344 g/mol. The van der Waals surface area contributed by atoms with Crippen LogP contribution in [-0.4, -0.2) is 34.5 Å². The molecule has 1 aromatic carbocycles. The predicted molar refractivity (Wildman–Crippen MR) is 79.9 cm³/mol. The first kappa shape index (κ1) is 18.3. The standard InChI is InChI=1S/C16H19F3N2O3/c1-9(16-21-20-10(2)23-16)14(22)11-4-3-5-12(8-11)24-15(19)13(18)6-7-17/h3-5,8-9,13-15,22H,6-7H2,1-2H3. The van der Waals surface area contributed by atoms with Gasteiger partial charge in [0.05, 0.1) is 18.7 Å². The molecule has 0 spiro atoms. The minimum absolute atomic E-state index is 0.0365. The van der Waals surface area contributed by atoms with Crippen LogP contribution >= 0.6 is 0 Å². The average Bonchev–Trinajstić information content (AvgIpc) is 3.00. The van der Waals surface area contributed by atoms with Gasteiger partial charge in [-0.2, -0.15) is 4.39 Å². The topological polar surface area (TPSA) is 68.4 Å². The van der Waals surface area contributed by atoms with Gasteiger partial charge in [0.15, 0.2) is 6.17 Å². The van der Waals surface area contributed by atoms with Crippen LogP contribution in [0.1, 0.15) is 42.7 Å². The summed E-state index contributed by atoms with van der Waals surface area (Å²) in [5.41, 5.74) is 0.420. The van der Waals surface area contributed by atoms with E-state index in [1.165, 1.54) is 18.2 Å². The van der Waals surface area contributed by atoms with Crippen LogP contribution < -0.4 is 4.74 Å². The number of aromatic nitrogens is 2. The quantitative estimate of drug-likeness (QED) is 0.793. The summed E-state index contributed by atoms with van der Waals surface area (Å²) in [6, 6.07) is 5.96. The lowest BCUT2D eigenvalue weighted by Gasteiger charge is -2.18. The first-order valence-corrected chi connectivity index (χ1v) is 7.51. The Labute approximate surface area is 137 Å². The Morgan fingerprint density at radius 3 is 2.67 bits per heavy atom. The van der Waals surface area contributed by atoms with Crippen LogP contribution in [-0.2, 0) is 0 Å². The summed E-state index contributed by atoms with van der Waals surface area (Å²) >= 11 is 0. The molecule has 0 aliphatic heterocycles. The van der Waals surface area contributed by atoms with Crippen molar-refractivity contribution in [3.05, 3.63) is 41.6 Å². The summed E-state index contributed by atoms with van der Waals surface area (Å²) < 4.78 is 49.0. The molecule has 2 rings (SSSR count). The Kier molecular flexibility index (Phi) is 6.19. The maximum absolute atomic E-state index is 13.6. The van der Waals surface area contributed by atoms with Crippen molar-refractivity contribution in [1.82, 2.24) is 10.2 Å². The maximum Gasteiger partial charge on any atom is 0.269 e. The van der Waals surface area contributed by atoms with E-state index in [4.69, 9.17) is 9.15 Å². The Balaban J connectivity index is 2.08. The van der Waals surface area contributed by atoms with Crippen LogP contribution in [0.4, 0.5) is 13.2 Å². The fourth-order valence-electron chi connectivity index (χ4n) is 2.13. The predicted octanol–water partition coefficient (Wildman–Crippen LogP) is 3.59. The molecular weight excluding hydrogens is 325 g/mol. The van der Waals surface area contributed by atoms with Gasteiger partial charge in [-0.25, -0.2) is 4.39 Å². The number of aliphatic hydroxyl groups is 1. The van der Waals surface area contributed by atoms with Crippen molar-refractivity contribution in [2.45, 2.75) is 44.8 Å². The van der Waals surface area contributed by atoms with E-state index in [1.807, 2.05) is 0 Å². The number of hydrogen-bond acceptors (Lipinski definition) is 5. The van der Waals surface area contributed by atoms with E-state index in [-0.39, 0.29) is 11.6 Å². The zero-order valence-corrected chi connectivity index (χ0v) is 13.3. The van der Waals surface area contributed by atoms with Gasteiger partial charge in [0.1, 0.15) is 5.75 Å². The van der Waals surface area contributed by atoms with Gasteiger partial charge in [0.2, 0.25) is 11.8 Å². The summed E-state index contributed by atoms with van der Waals surface area (Å²) in [5.74, 6) is 0.183. The number of ether oxygens (including phenoxy) is 1. The van der Waals surface area contributed by atoms with Crippen LogP contribution in [0.3, 0.4) is 0 Å². The largest absolute Gasteiger partial charge is 0.457 e. The minimum atomic E-state index is -2.27. The fraction of sp³-hybridized carbons (Fsp3) is 0.500. The first-order chi connectivity index (χ1) is 11.4. The van der Waals surface area contributed by atoms with Crippen LogP contribution in [0.5, 0.6) is 5.75 Å². The summed E-state index contributed by atoms with van der Waals surface area (Å²) in [6.45, 7) is 2.36. The summed E-state index contributed by atoms with van der Waals surface area (Å²) in [7, 11) is 0. The van der Waals surface area contributed by atoms with E-state index < -0.39 is 37.6 Å². The molecule has 4 unspecified atom stereocenters. The molecule has 0 saturated carbocycles. The Hall–Kier alpha value is -2.09. The number of hydrogen-bond donors (Lipinski definition) is 1. The molecule has 0 fully saturated rings. The Morgan fingerprint density at radius 2 is 2.04 bits per heavy atom. The third kappa shape index (κ3) is 4.47. The molecule has 1 N–H and O–H groups in total. The number of aliphatic hydroxyl groups excluding tert-OH is 1. The number of halogens is 3. The third-order valence-corrected chi connectivity index (χ3v) is 3.52. The maximum atomic E-state index is 13.6. The van der Waals surface area contributed by atoms with Gasteiger partial charge in [-0.1, -0.05) is 19.1 Å². The molecule has 5 nitrogen and oxygen atoms in total. The van der Waals surface area contributed by atoms with Crippen molar-refractivity contribution in [3.63, 3.8) is 0 Å². The van der Waals surface area contributed by atoms with Crippen LogP contribution in [0, 0.1) is 6.92 Å². The van der Waals surface area contributed by atoms with Gasteiger partial charge in [-0.05, 0) is 17.7 Å². The normalized spacial score (nSPS) is 16.4.